The Morgan fingerprint density at radius 3 is 2.83 bits per heavy atom. The smallest absolute Gasteiger partial charge is 0.232 e. The molecule has 3 heteroatoms. The first kappa shape index (κ1) is 12.9. The van der Waals surface area contributed by atoms with Gasteiger partial charge in [0.05, 0.1) is 0 Å². The molecule has 0 fully saturated rings. The summed E-state index contributed by atoms with van der Waals surface area (Å²) in [6.07, 6.45) is 2.88. The van der Waals surface area contributed by atoms with Crippen LogP contribution in [0.5, 0.6) is 0 Å². The van der Waals surface area contributed by atoms with E-state index in [9.17, 15) is 4.79 Å². The molecule has 1 aliphatic heterocycles. The number of benzene rings is 1. The molecule has 0 aromatic heterocycles. The molecular formula is C15H22N2O. The lowest BCUT2D eigenvalue weighted by atomic mass is 9.87. The summed E-state index contributed by atoms with van der Waals surface area (Å²) in [5, 5.41) is 0. The van der Waals surface area contributed by atoms with Crippen molar-refractivity contribution in [2.75, 3.05) is 17.2 Å². The number of amides is 1. The van der Waals surface area contributed by atoms with Crippen LogP contribution in [0.3, 0.4) is 0 Å². The monoisotopic (exact) mass is 246 g/mol. The lowest BCUT2D eigenvalue weighted by molar-refractivity contribution is -0.126. The Bertz CT molecular complexity index is 466. The molecule has 1 amide bonds. The number of nitrogens with zero attached hydrogens (tertiary/aromatic N) is 1. The van der Waals surface area contributed by atoms with Crippen LogP contribution in [0.25, 0.3) is 0 Å². The molecule has 0 bridgehead atoms. The van der Waals surface area contributed by atoms with Gasteiger partial charge in [-0.05, 0) is 43.0 Å². The van der Waals surface area contributed by atoms with Crippen LogP contribution < -0.4 is 10.6 Å². The molecule has 0 radical (unpaired) electrons. The number of carbonyl (C=O) groups excluding carboxylic acids is 1. The summed E-state index contributed by atoms with van der Waals surface area (Å²) in [7, 11) is 0. The minimum Gasteiger partial charge on any atom is -0.399 e. The molecule has 18 heavy (non-hydrogen) atoms. The van der Waals surface area contributed by atoms with E-state index in [2.05, 4.69) is 6.92 Å². The third kappa shape index (κ3) is 2.22. The molecule has 1 heterocycles. The van der Waals surface area contributed by atoms with Gasteiger partial charge in [-0.3, -0.25) is 4.79 Å². The number of fused-ring (bicyclic) bond motifs is 1. The zero-order valence-electron chi connectivity index (χ0n) is 11.5. The SMILES string of the molecule is CCC(C)(C)C(=O)N1CCCc2cc(N)ccc21. The fourth-order valence-electron chi connectivity index (χ4n) is 2.34. The molecule has 0 saturated heterocycles. The Hall–Kier alpha value is -1.51. The highest BCUT2D eigenvalue weighted by Crippen LogP contribution is 2.33. The zero-order valence-corrected chi connectivity index (χ0v) is 11.5. The second-order valence-electron chi connectivity index (χ2n) is 5.69. The van der Waals surface area contributed by atoms with E-state index >= 15 is 0 Å². The van der Waals surface area contributed by atoms with Crippen LogP contribution in [0.1, 0.15) is 39.2 Å². The fraction of sp³-hybridized carbons (Fsp3) is 0.533. The van der Waals surface area contributed by atoms with E-state index in [4.69, 9.17) is 5.73 Å². The van der Waals surface area contributed by atoms with Crippen molar-refractivity contribution in [3.63, 3.8) is 0 Å². The highest BCUT2D eigenvalue weighted by Gasteiger charge is 2.33. The highest BCUT2D eigenvalue weighted by atomic mass is 16.2. The molecule has 1 aromatic carbocycles. The van der Waals surface area contributed by atoms with Gasteiger partial charge in [0, 0.05) is 23.3 Å². The van der Waals surface area contributed by atoms with Crippen LogP contribution in [0, 0.1) is 5.41 Å². The summed E-state index contributed by atoms with van der Waals surface area (Å²) in [6, 6.07) is 5.85. The zero-order chi connectivity index (χ0) is 13.3. The topological polar surface area (TPSA) is 46.3 Å². The van der Waals surface area contributed by atoms with Crippen LogP contribution in [0.4, 0.5) is 11.4 Å². The number of anilines is 2. The third-order valence-corrected chi connectivity index (χ3v) is 3.93. The molecule has 1 aliphatic rings. The van der Waals surface area contributed by atoms with Gasteiger partial charge in [0.2, 0.25) is 5.91 Å². The largest absolute Gasteiger partial charge is 0.399 e. The minimum atomic E-state index is -0.296. The average molecular weight is 246 g/mol. The molecule has 0 atom stereocenters. The second kappa shape index (κ2) is 4.63. The predicted molar refractivity (Wildman–Crippen MR) is 75.6 cm³/mol. The van der Waals surface area contributed by atoms with Crippen molar-refractivity contribution < 1.29 is 4.79 Å². The van der Waals surface area contributed by atoms with E-state index in [-0.39, 0.29) is 11.3 Å². The summed E-state index contributed by atoms with van der Waals surface area (Å²) in [6.45, 7) is 6.91. The van der Waals surface area contributed by atoms with E-state index in [0.29, 0.717) is 0 Å². The highest BCUT2D eigenvalue weighted by molar-refractivity contribution is 5.98. The van der Waals surface area contributed by atoms with Crippen LogP contribution in [-0.4, -0.2) is 12.5 Å². The Morgan fingerprint density at radius 2 is 2.17 bits per heavy atom. The van der Waals surface area contributed by atoms with Gasteiger partial charge >= 0.3 is 0 Å². The summed E-state index contributed by atoms with van der Waals surface area (Å²) in [5.74, 6) is 0.218. The lowest BCUT2D eigenvalue weighted by Gasteiger charge is -2.35. The van der Waals surface area contributed by atoms with Crippen LogP contribution in [-0.2, 0) is 11.2 Å². The van der Waals surface area contributed by atoms with Gasteiger partial charge in [-0.15, -0.1) is 0 Å². The molecule has 1 aromatic rings. The van der Waals surface area contributed by atoms with Crippen LogP contribution >= 0.6 is 0 Å². The van der Waals surface area contributed by atoms with Gasteiger partial charge in [-0.1, -0.05) is 20.8 Å². The quantitative estimate of drug-likeness (QED) is 0.815. The van der Waals surface area contributed by atoms with Crippen molar-refractivity contribution in [1.29, 1.82) is 0 Å². The fourth-order valence-corrected chi connectivity index (χ4v) is 2.34. The number of carbonyl (C=O) groups is 1. The van der Waals surface area contributed by atoms with Crippen molar-refractivity contribution in [2.45, 2.75) is 40.0 Å². The molecule has 0 spiro atoms. The number of aryl methyl sites for hydroxylation is 1. The van der Waals surface area contributed by atoms with Gasteiger partial charge in [-0.25, -0.2) is 0 Å². The molecule has 98 valence electrons. The van der Waals surface area contributed by atoms with E-state index in [1.54, 1.807) is 0 Å². The third-order valence-electron chi connectivity index (χ3n) is 3.93. The van der Waals surface area contributed by atoms with Crippen molar-refractivity contribution in [3.05, 3.63) is 23.8 Å². The maximum absolute atomic E-state index is 12.6. The second-order valence-corrected chi connectivity index (χ2v) is 5.69. The molecule has 2 N–H and O–H groups in total. The van der Waals surface area contributed by atoms with Crippen LogP contribution in [0.15, 0.2) is 18.2 Å². The van der Waals surface area contributed by atoms with Crippen molar-refractivity contribution in [3.8, 4) is 0 Å². The van der Waals surface area contributed by atoms with Gasteiger partial charge in [0.25, 0.3) is 0 Å². The average Bonchev–Trinajstić information content (AvgIpc) is 2.36. The first-order chi connectivity index (χ1) is 8.45. The lowest BCUT2D eigenvalue weighted by Crippen LogP contribution is -2.43. The predicted octanol–water partition coefficient (Wildman–Crippen LogP) is 2.98. The van der Waals surface area contributed by atoms with Gasteiger partial charge in [0.1, 0.15) is 0 Å². The van der Waals surface area contributed by atoms with Gasteiger partial charge in [-0.2, -0.15) is 0 Å². The number of nitrogen functional groups attached to an aromatic ring is 1. The Balaban J connectivity index is 2.36. The summed E-state index contributed by atoms with van der Waals surface area (Å²) < 4.78 is 0. The molecule has 0 saturated carbocycles. The maximum atomic E-state index is 12.6. The molecule has 2 rings (SSSR count). The van der Waals surface area contributed by atoms with E-state index in [1.807, 2.05) is 36.9 Å². The van der Waals surface area contributed by atoms with Crippen LogP contribution in [0.2, 0.25) is 0 Å². The summed E-state index contributed by atoms with van der Waals surface area (Å²) in [5.41, 5.74) is 8.53. The number of rotatable bonds is 2. The first-order valence-corrected chi connectivity index (χ1v) is 6.66. The van der Waals surface area contributed by atoms with Crippen molar-refractivity contribution in [2.24, 2.45) is 5.41 Å². The minimum absolute atomic E-state index is 0.218. The number of hydrogen-bond acceptors (Lipinski definition) is 2. The van der Waals surface area contributed by atoms with E-state index in [0.717, 1.165) is 37.2 Å². The first-order valence-electron chi connectivity index (χ1n) is 6.66. The maximum Gasteiger partial charge on any atom is 0.232 e. The summed E-state index contributed by atoms with van der Waals surface area (Å²) in [4.78, 5) is 14.5. The standard InChI is InChI=1S/C15H22N2O/c1-4-15(2,3)14(18)17-9-5-6-11-10-12(16)7-8-13(11)17/h7-8,10H,4-6,9,16H2,1-3H3. The Labute approximate surface area is 109 Å². The molecular weight excluding hydrogens is 224 g/mol. The number of hydrogen-bond donors (Lipinski definition) is 1. The van der Waals surface area contributed by atoms with Gasteiger partial charge in [0.15, 0.2) is 0 Å². The van der Waals surface area contributed by atoms with Crippen molar-refractivity contribution in [1.82, 2.24) is 0 Å². The van der Waals surface area contributed by atoms with E-state index < -0.39 is 0 Å². The Kier molecular flexibility index (Phi) is 3.33. The molecule has 0 aliphatic carbocycles. The molecule has 3 nitrogen and oxygen atoms in total. The van der Waals surface area contributed by atoms with E-state index in [1.165, 1.54) is 5.56 Å². The summed E-state index contributed by atoms with van der Waals surface area (Å²) >= 11 is 0. The Morgan fingerprint density at radius 1 is 1.44 bits per heavy atom. The van der Waals surface area contributed by atoms with Gasteiger partial charge < -0.3 is 10.6 Å². The number of nitrogens with two attached hydrogens (primary N) is 1. The van der Waals surface area contributed by atoms with Crippen molar-refractivity contribution >= 4 is 17.3 Å². The normalized spacial score (nSPS) is 15.4. The molecule has 0 unspecified atom stereocenters.